The van der Waals surface area contributed by atoms with Crippen LogP contribution in [0.1, 0.15) is 19.8 Å². The van der Waals surface area contributed by atoms with Crippen LogP contribution in [0.15, 0.2) is 35.2 Å². The number of nitrogens with zero attached hydrogens (tertiary/aromatic N) is 1. The minimum atomic E-state index is -1.74. The van der Waals surface area contributed by atoms with Gasteiger partial charge >= 0.3 is 0 Å². The van der Waals surface area contributed by atoms with Gasteiger partial charge in [-0.1, -0.05) is 43.3 Å². The molecule has 1 atom stereocenters. The first-order valence-electron chi connectivity index (χ1n) is 5.88. The third kappa shape index (κ3) is 2.63. The van der Waals surface area contributed by atoms with Crippen molar-refractivity contribution >= 4 is 17.7 Å². The Morgan fingerprint density at radius 1 is 1.41 bits per heavy atom. The summed E-state index contributed by atoms with van der Waals surface area (Å²) in [5.41, 5.74) is 0. The van der Waals surface area contributed by atoms with E-state index in [1.165, 1.54) is 0 Å². The van der Waals surface area contributed by atoms with Gasteiger partial charge in [-0.25, -0.2) is 4.39 Å². The van der Waals surface area contributed by atoms with Crippen LogP contribution in [-0.2, 0) is 4.79 Å². The van der Waals surface area contributed by atoms with Crippen LogP contribution in [0.5, 0.6) is 0 Å². The summed E-state index contributed by atoms with van der Waals surface area (Å²) in [6, 6.07) is 9.24. The molecule has 92 valence electrons. The summed E-state index contributed by atoms with van der Waals surface area (Å²) in [6.45, 7) is 2.95. The van der Waals surface area contributed by atoms with Crippen molar-refractivity contribution < 1.29 is 9.18 Å². The molecule has 2 nitrogen and oxygen atoms in total. The number of benzene rings is 1. The number of carbonyl (C=O) groups is 1. The first kappa shape index (κ1) is 12.4. The van der Waals surface area contributed by atoms with Crippen molar-refractivity contribution in [3.63, 3.8) is 0 Å². The van der Waals surface area contributed by atoms with Crippen molar-refractivity contribution in [1.29, 1.82) is 0 Å². The van der Waals surface area contributed by atoms with Crippen LogP contribution in [0, 0.1) is 0 Å². The highest BCUT2D eigenvalue weighted by atomic mass is 32.2. The van der Waals surface area contributed by atoms with Gasteiger partial charge < -0.3 is 4.90 Å². The maximum atomic E-state index is 14.2. The zero-order chi connectivity index (χ0) is 12.3. The molecule has 0 aromatic heterocycles. The molecule has 1 fully saturated rings. The maximum absolute atomic E-state index is 14.2. The number of thioether (sulfide) groups is 1. The van der Waals surface area contributed by atoms with E-state index in [4.69, 9.17) is 0 Å². The van der Waals surface area contributed by atoms with Crippen LogP contribution in [0.4, 0.5) is 4.39 Å². The second-order valence-electron chi connectivity index (χ2n) is 4.22. The number of carbonyl (C=O) groups excluding carboxylic acids is 1. The number of rotatable bonds is 5. The fourth-order valence-corrected chi connectivity index (χ4v) is 2.91. The molecule has 1 heterocycles. The fourth-order valence-electron chi connectivity index (χ4n) is 1.81. The quantitative estimate of drug-likeness (QED) is 0.752. The Labute approximate surface area is 105 Å². The monoisotopic (exact) mass is 253 g/mol. The van der Waals surface area contributed by atoms with E-state index in [0.29, 0.717) is 6.54 Å². The molecule has 0 N–H and O–H groups in total. The van der Waals surface area contributed by atoms with Gasteiger partial charge in [-0.3, -0.25) is 4.79 Å². The van der Waals surface area contributed by atoms with Crippen LogP contribution in [-0.4, -0.2) is 28.9 Å². The number of hydrogen-bond donors (Lipinski definition) is 0. The Bertz CT molecular complexity index is 398. The fraction of sp³-hybridized carbons (Fsp3) is 0.462. The second-order valence-corrected chi connectivity index (χ2v) is 5.55. The van der Waals surface area contributed by atoms with Crippen molar-refractivity contribution in [3.05, 3.63) is 30.3 Å². The molecule has 1 aliphatic rings. The Morgan fingerprint density at radius 3 is 2.71 bits per heavy atom. The molecule has 0 aliphatic carbocycles. The molecule has 0 bridgehead atoms. The van der Waals surface area contributed by atoms with E-state index in [-0.39, 0.29) is 12.5 Å². The molecule has 2 rings (SSSR count). The van der Waals surface area contributed by atoms with Crippen LogP contribution in [0.2, 0.25) is 0 Å². The summed E-state index contributed by atoms with van der Waals surface area (Å²) in [5.74, 6) is -0.375. The Morgan fingerprint density at radius 2 is 2.12 bits per heavy atom. The Hall–Kier alpha value is -1.03. The third-order valence-electron chi connectivity index (χ3n) is 2.81. The minimum Gasteiger partial charge on any atom is -0.334 e. The van der Waals surface area contributed by atoms with E-state index in [2.05, 4.69) is 6.92 Å². The van der Waals surface area contributed by atoms with E-state index in [1.54, 1.807) is 4.90 Å². The summed E-state index contributed by atoms with van der Waals surface area (Å²) < 4.78 is 14.2. The van der Waals surface area contributed by atoms with Gasteiger partial charge in [0, 0.05) is 11.4 Å². The highest BCUT2D eigenvalue weighted by Gasteiger charge is 2.53. The average molecular weight is 253 g/mol. The van der Waals surface area contributed by atoms with Gasteiger partial charge in [0.15, 0.2) is 0 Å². The number of halogens is 1. The molecular formula is C13H16FNOS. The molecule has 0 spiro atoms. The molecule has 1 amide bonds. The molecule has 1 aromatic rings. The topological polar surface area (TPSA) is 20.3 Å². The summed E-state index contributed by atoms with van der Waals surface area (Å²) in [5, 5.41) is -1.74. The zero-order valence-corrected chi connectivity index (χ0v) is 10.7. The molecular weight excluding hydrogens is 237 g/mol. The summed E-state index contributed by atoms with van der Waals surface area (Å²) >= 11 is 1.02. The highest BCUT2D eigenvalue weighted by Crippen LogP contribution is 2.42. The number of unbranched alkanes of at least 4 members (excludes halogenated alkanes) is 1. The lowest BCUT2D eigenvalue weighted by atomic mass is 10.1. The van der Waals surface area contributed by atoms with Crippen molar-refractivity contribution in [2.75, 3.05) is 13.1 Å². The average Bonchev–Trinajstić information content (AvgIpc) is 2.35. The molecule has 1 unspecified atom stereocenters. The number of likely N-dealkylation sites (tertiary alicyclic amines) is 1. The standard InChI is InChI=1S/C13H16FNOS/c1-2-3-9-15-10-13(14,12(15)16)17-11-7-5-4-6-8-11/h4-8H,2-3,9-10H2,1H3. The van der Waals surface area contributed by atoms with Crippen molar-refractivity contribution in [1.82, 2.24) is 4.90 Å². The van der Waals surface area contributed by atoms with Crippen LogP contribution in [0.3, 0.4) is 0 Å². The number of β-lactam (4-membered cyclic amide) rings is 1. The third-order valence-corrected chi connectivity index (χ3v) is 3.94. The summed E-state index contributed by atoms with van der Waals surface area (Å²) in [4.78, 5) is 14.1. The van der Waals surface area contributed by atoms with Crippen molar-refractivity contribution in [2.24, 2.45) is 0 Å². The molecule has 1 aliphatic heterocycles. The predicted octanol–water partition coefficient (Wildman–Crippen LogP) is 3.09. The first-order valence-corrected chi connectivity index (χ1v) is 6.70. The van der Waals surface area contributed by atoms with E-state index in [0.717, 1.165) is 29.5 Å². The summed E-state index contributed by atoms with van der Waals surface area (Å²) in [6.07, 6.45) is 1.96. The van der Waals surface area contributed by atoms with Gasteiger partial charge in [0.25, 0.3) is 10.9 Å². The second kappa shape index (κ2) is 5.08. The van der Waals surface area contributed by atoms with Gasteiger partial charge in [-0.15, -0.1) is 0 Å². The largest absolute Gasteiger partial charge is 0.334 e. The van der Waals surface area contributed by atoms with E-state index < -0.39 is 5.00 Å². The Kier molecular flexibility index (Phi) is 3.72. The van der Waals surface area contributed by atoms with Crippen LogP contribution >= 0.6 is 11.8 Å². The Balaban J connectivity index is 1.93. The smallest absolute Gasteiger partial charge is 0.273 e. The van der Waals surface area contributed by atoms with Crippen molar-refractivity contribution in [2.45, 2.75) is 29.7 Å². The van der Waals surface area contributed by atoms with Gasteiger partial charge in [0.2, 0.25) is 0 Å². The van der Waals surface area contributed by atoms with Crippen molar-refractivity contribution in [3.8, 4) is 0 Å². The SMILES string of the molecule is CCCCN1CC(F)(Sc2ccccc2)C1=O. The van der Waals surface area contributed by atoms with E-state index in [1.807, 2.05) is 30.3 Å². The summed E-state index contributed by atoms with van der Waals surface area (Å²) in [7, 11) is 0. The first-order chi connectivity index (χ1) is 8.15. The lowest BCUT2D eigenvalue weighted by Gasteiger charge is -2.42. The normalized spacial score (nSPS) is 23.6. The predicted molar refractivity (Wildman–Crippen MR) is 67.6 cm³/mol. The number of alkyl halides is 1. The van der Waals surface area contributed by atoms with E-state index in [9.17, 15) is 9.18 Å². The van der Waals surface area contributed by atoms with Gasteiger partial charge in [-0.2, -0.15) is 0 Å². The van der Waals surface area contributed by atoms with Crippen LogP contribution in [0.25, 0.3) is 0 Å². The van der Waals surface area contributed by atoms with Gasteiger partial charge in [0.1, 0.15) is 0 Å². The molecule has 1 aromatic carbocycles. The number of amides is 1. The maximum Gasteiger partial charge on any atom is 0.273 e. The molecule has 1 saturated heterocycles. The molecule has 17 heavy (non-hydrogen) atoms. The zero-order valence-electron chi connectivity index (χ0n) is 9.86. The molecule has 4 heteroatoms. The molecule has 0 radical (unpaired) electrons. The lowest BCUT2D eigenvalue weighted by Crippen LogP contribution is -2.62. The minimum absolute atomic E-state index is 0.214. The lowest BCUT2D eigenvalue weighted by molar-refractivity contribution is -0.152. The highest BCUT2D eigenvalue weighted by molar-refractivity contribution is 8.01. The number of hydrogen-bond acceptors (Lipinski definition) is 2. The van der Waals surface area contributed by atoms with E-state index >= 15 is 0 Å². The van der Waals surface area contributed by atoms with Crippen LogP contribution < -0.4 is 0 Å². The molecule has 0 saturated carbocycles. The van der Waals surface area contributed by atoms with Gasteiger partial charge in [0.05, 0.1) is 6.54 Å². The van der Waals surface area contributed by atoms with Gasteiger partial charge in [-0.05, 0) is 18.6 Å².